The first-order chi connectivity index (χ1) is 9.80. The van der Waals surface area contributed by atoms with Gasteiger partial charge in [0.2, 0.25) is 0 Å². The van der Waals surface area contributed by atoms with E-state index in [9.17, 15) is 8.42 Å². The Hall–Kier alpha value is -0.930. The monoisotopic (exact) mass is 358 g/mol. The fourth-order valence-corrected chi connectivity index (χ4v) is 5.35. The van der Waals surface area contributed by atoms with Crippen LogP contribution in [0.4, 0.5) is 0 Å². The molecule has 2 rings (SSSR count). The smallest absolute Gasteiger partial charge is 0.252 e. The first-order valence-electron chi connectivity index (χ1n) is 5.91. The van der Waals surface area contributed by atoms with E-state index < -0.39 is 10.0 Å². The molecule has 112 valence electrons. The average Bonchev–Trinajstić information content (AvgIpc) is 2.88. The zero-order valence-corrected chi connectivity index (χ0v) is 14.7. The number of hydrogen-bond donors (Lipinski definition) is 1. The van der Waals surface area contributed by atoms with Gasteiger partial charge in [-0.05, 0) is 24.3 Å². The molecule has 8 heteroatoms. The maximum atomic E-state index is 12.0. The van der Waals surface area contributed by atoms with Crippen molar-refractivity contribution in [2.75, 3.05) is 14.1 Å². The molecule has 0 spiro atoms. The van der Waals surface area contributed by atoms with Crippen LogP contribution in [-0.4, -0.2) is 31.8 Å². The van der Waals surface area contributed by atoms with E-state index in [-0.39, 0.29) is 0 Å². The summed E-state index contributed by atoms with van der Waals surface area (Å²) < 4.78 is 26.5. The largest absolute Gasteiger partial charge is 0.389 e. The van der Waals surface area contributed by atoms with Gasteiger partial charge in [0.15, 0.2) is 0 Å². The summed E-state index contributed by atoms with van der Waals surface area (Å²) in [6.07, 6.45) is 0. The predicted molar refractivity (Wildman–Crippen MR) is 91.6 cm³/mol. The molecule has 0 aliphatic heterocycles. The van der Waals surface area contributed by atoms with Crippen LogP contribution in [0.3, 0.4) is 0 Å². The van der Waals surface area contributed by atoms with Gasteiger partial charge in [-0.25, -0.2) is 12.7 Å². The molecule has 0 unspecified atom stereocenters. The van der Waals surface area contributed by atoms with Crippen molar-refractivity contribution in [1.29, 1.82) is 0 Å². The molecule has 2 aromatic rings. The van der Waals surface area contributed by atoms with Crippen LogP contribution in [0.5, 0.6) is 0 Å². The molecule has 1 aromatic heterocycles. The molecule has 0 saturated carbocycles. The molecule has 1 aromatic carbocycles. The minimum absolute atomic E-state index is 0.342. The van der Waals surface area contributed by atoms with E-state index in [0.29, 0.717) is 9.20 Å². The third kappa shape index (κ3) is 3.83. The van der Waals surface area contributed by atoms with Gasteiger partial charge in [0.25, 0.3) is 10.0 Å². The van der Waals surface area contributed by atoms with Crippen LogP contribution in [-0.2, 0) is 10.0 Å². The molecule has 0 aliphatic carbocycles. The second-order valence-corrected chi connectivity index (χ2v) is 9.63. The molecule has 0 atom stereocenters. The lowest BCUT2D eigenvalue weighted by atomic mass is 10.2. The molecule has 0 saturated heterocycles. The first kappa shape index (κ1) is 16.4. The zero-order chi connectivity index (χ0) is 15.6. The fraction of sp³-hybridized carbons (Fsp3) is 0.154. The van der Waals surface area contributed by atoms with E-state index in [1.807, 2.05) is 30.3 Å². The summed E-state index contributed by atoms with van der Waals surface area (Å²) in [5.41, 5.74) is 6.37. The van der Waals surface area contributed by atoms with E-state index in [1.54, 1.807) is 6.07 Å². The summed E-state index contributed by atoms with van der Waals surface area (Å²) in [7, 11) is -0.313. The van der Waals surface area contributed by atoms with Crippen molar-refractivity contribution in [1.82, 2.24) is 4.31 Å². The summed E-state index contributed by atoms with van der Waals surface area (Å²) in [4.78, 5) is 1.37. The molecule has 0 aliphatic rings. The molecule has 21 heavy (non-hydrogen) atoms. The summed E-state index contributed by atoms with van der Waals surface area (Å²) in [5, 5.41) is 0. The highest BCUT2D eigenvalue weighted by molar-refractivity contribution is 8.01. The predicted octanol–water partition coefficient (Wildman–Crippen LogP) is 2.78. The highest BCUT2D eigenvalue weighted by Gasteiger charge is 2.19. The lowest BCUT2D eigenvalue weighted by Gasteiger charge is -2.08. The number of nitrogens with zero attached hydrogens (tertiary/aromatic N) is 1. The van der Waals surface area contributed by atoms with Crippen LogP contribution < -0.4 is 5.73 Å². The van der Waals surface area contributed by atoms with Crippen molar-refractivity contribution in [3.05, 3.63) is 42.0 Å². The molecular formula is C13H14N2O2S4. The van der Waals surface area contributed by atoms with Gasteiger partial charge in [-0.15, -0.1) is 11.3 Å². The summed E-state index contributed by atoms with van der Waals surface area (Å²) in [6, 6.07) is 11.0. The van der Waals surface area contributed by atoms with Gasteiger partial charge in [-0.3, -0.25) is 0 Å². The van der Waals surface area contributed by atoms with Crippen LogP contribution in [0.15, 0.2) is 49.7 Å². The summed E-state index contributed by atoms with van der Waals surface area (Å²) in [6.45, 7) is 0. The number of benzene rings is 1. The molecule has 0 bridgehead atoms. The Morgan fingerprint density at radius 1 is 1.19 bits per heavy atom. The van der Waals surface area contributed by atoms with Crippen molar-refractivity contribution >= 4 is 50.3 Å². The average molecular weight is 359 g/mol. The minimum Gasteiger partial charge on any atom is -0.389 e. The van der Waals surface area contributed by atoms with Crippen molar-refractivity contribution in [3.8, 4) is 0 Å². The number of thiophene rings is 1. The highest BCUT2D eigenvalue weighted by Crippen LogP contribution is 2.35. The number of sulfonamides is 1. The molecule has 2 N–H and O–H groups in total. The van der Waals surface area contributed by atoms with Crippen LogP contribution in [0.1, 0.15) is 5.56 Å². The number of thiocarbonyl (C=S) groups is 1. The van der Waals surface area contributed by atoms with E-state index in [0.717, 1.165) is 14.7 Å². The Balaban J connectivity index is 2.18. The molecule has 1 heterocycles. The van der Waals surface area contributed by atoms with Gasteiger partial charge in [-0.1, -0.05) is 36.1 Å². The Morgan fingerprint density at radius 3 is 2.33 bits per heavy atom. The van der Waals surface area contributed by atoms with Crippen molar-refractivity contribution in [3.63, 3.8) is 0 Å². The van der Waals surface area contributed by atoms with Gasteiger partial charge >= 0.3 is 0 Å². The van der Waals surface area contributed by atoms with Crippen molar-refractivity contribution < 1.29 is 8.42 Å². The van der Waals surface area contributed by atoms with Crippen LogP contribution in [0.25, 0.3) is 0 Å². The van der Waals surface area contributed by atoms with E-state index >= 15 is 0 Å². The molecule has 0 fully saturated rings. The van der Waals surface area contributed by atoms with Crippen LogP contribution in [0, 0.1) is 0 Å². The fourth-order valence-electron chi connectivity index (χ4n) is 1.48. The third-order valence-electron chi connectivity index (χ3n) is 2.65. The van der Waals surface area contributed by atoms with Gasteiger partial charge in [0.05, 0.1) is 4.21 Å². The normalized spacial score (nSPS) is 11.8. The van der Waals surface area contributed by atoms with Crippen LogP contribution in [0.2, 0.25) is 0 Å². The maximum Gasteiger partial charge on any atom is 0.252 e. The Morgan fingerprint density at radius 2 is 1.81 bits per heavy atom. The maximum absolute atomic E-state index is 12.0. The first-order valence-corrected chi connectivity index (χ1v) is 9.39. The number of rotatable bonds is 5. The van der Waals surface area contributed by atoms with Gasteiger partial charge in [0, 0.05) is 24.6 Å². The topological polar surface area (TPSA) is 63.4 Å². The molecular weight excluding hydrogens is 344 g/mol. The molecule has 4 nitrogen and oxygen atoms in total. The Labute approximate surface area is 138 Å². The summed E-state index contributed by atoms with van der Waals surface area (Å²) >= 11 is 7.67. The molecule has 0 radical (unpaired) electrons. The van der Waals surface area contributed by atoms with E-state index in [1.165, 1.54) is 41.5 Å². The van der Waals surface area contributed by atoms with Gasteiger partial charge in [0.1, 0.15) is 9.20 Å². The molecule has 0 amide bonds. The Bertz CT molecular complexity index is 749. The SMILES string of the molecule is CN(C)S(=O)(=O)c1ccc(Sc2ccc(C(N)=S)cc2)s1. The van der Waals surface area contributed by atoms with Gasteiger partial charge < -0.3 is 5.73 Å². The zero-order valence-electron chi connectivity index (χ0n) is 11.4. The minimum atomic E-state index is -3.36. The lowest BCUT2D eigenvalue weighted by Crippen LogP contribution is -2.21. The van der Waals surface area contributed by atoms with Crippen LogP contribution >= 0.6 is 35.3 Å². The van der Waals surface area contributed by atoms with Crippen molar-refractivity contribution in [2.45, 2.75) is 13.3 Å². The van der Waals surface area contributed by atoms with Crippen molar-refractivity contribution in [2.24, 2.45) is 5.73 Å². The number of hydrogen-bond acceptors (Lipinski definition) is 5. The lowest BCUT2D eigenvalue weighted by molar-refractivity contribution is 0.523. The van der Waals surface area contributed by atoms with E-state index in [4.69, 9.17) is 18.0 Å². The second-order valence-electron chi connectivity index (χ2n) is 4.35. The Kier molecular flexibility index (Phi) is 5.05. The third-order valence-corrected chi connectivity index (χ3v) is 7.39. The standard InChI is InChI=1S/C13H14N2O2S4/c1-15(2)21(16,17)12-8-7-11(20-12)19-10-5-3-9(4-6-10)13(14)18/h3-8H,1-2H3,(H2,14,18). The highest BCUT2D eigenvalue weighted by atomic mass is 32.3. The summed E-state index contributed by atoms with van der Waals surface area (Å²) in [5.74, 6) is 0. The van der Waals surface area contributed by atoms with E-state index in [2.05, 4.69) is 0 Å². The van der Waals surface area contributed by atoms with Gasteiger partial charge in [-0.2, -0.15) is 0 Å². The number of nitrogens with two attached hydrogens (primary N) is 1. The quantitative estimate of drug-likeness (QED) is 0.833. The second kappa shape index (κ2) is 6.45.